The highest BCUT2D eigenvalue weighted by Gasteiger charge is 2.16. The second-order valence-electron chi connectivity index (χ2n) is 4.74. The summed E-state index contributed by atoms with van der Waals surface area (Å²) in [6.45, 7) is 0. The normalized spacial score (nSPS) is 12.5. The van der Waals surface area contributed by atoms with Gasteiger partial charge in [0.15, 0.2) is 0 Å². The number of aliphatic hydroxyl groups excluding tert-OH is 1. The lowest BCUT2D eigenvalue weighted by atomic mass is 9.95. The number of benzene rings is 3. The van der Waals surface area contributed by atoms with Crippen LogP contribution < -0.4 is 5.73 Å². The third kappa shape index (κ3) is 2.24. The van der Waals surface area contributed by atoms with Crippen LogP contribution in [0.5, 0.6) is 0 Å². The molecular weight excluding hydrogens is 270 g/mol. The van der Waals surface area contributed by atoms with Gasteiger partial charge in [0.05, 0.1) is 0 Å². The number of hydrogen-bond donors (Lipinski definition) is 2. The average Bonchev–Trinajstić information content (AvgIpc) is 2.48. The Kier molecular flexibility index (Phi) is 3.35. The van der Waals surface area contributed by atoms with E-state index in [0.29, 0.717) is 16.3 Å². The quantitative estimate of drug-likeness (QED) is 0.694. The van der Waals surface area contributed by atoms with Gasteiger partial charge in [-0.3, -0.25) is 0 Å². The SMILES string of the molecule is Nc1ccc(Cl)cc1[C@H](O)c1cccc2ccccc12. The third-order valence-corrected chi connectivity index (χ3v) is 3.70. The van der Waals surface area contributed by atoms with Gasteiger partial charge >= 0.3 is 0 Å². The number of fused-ring (bicyclic) bond motifs is 1. The van der Waals surface area contributed by atoms with E-state index in [1.54, 1.807) is 18.2 Å². The van der Waals surface area contributed by atoms with Crippen LogP contribution in [-0.4, -0.2) is 5.11 Å². The van der Waals surface area contributed by atoms with Gasteiger partial charge in [0.1, 0.15) is 6.10 Å². The third-order valence-electron chi connectivity index (χ3n) is 3.46. The van der Waals surface area contributed by atoms with Crippen molar-refractivity contribution in [3.05, 3.63) is 76.8 Å². The van der Waals surface area contributed by atoms with E-state index in [1.807, 2.05) is 42.5 Å². The van der Waals surface area contributed by atoms with E-state index in [-0.39, 0.29) is 0 Å². The van der Waals surface area contributed by atoms with Gasteiger partial charge in [-0.05, 0) is 34.5 Å². The Bertz CT molecular complexity index is 765. The molecule has 0 aliphatic heterocycles. The molecule has 0 unspecified atom stereocenters. The van der Waals surface area contributed by atoms with Crippen molar-refractivity contribution in [1.82, 2.24) is 0 Å². The molecule has 0 amide bonds. The molecule has 3 aromatic carbocycles. The van der Waals surface area contributed by atoms with E-state index in [9.17, 15) is 5.11 Å². The molecule has 2 nitrogen and oxygen atoms in total. The lowest BCUT2D eigenvalue weighted by Crippen LogP contribution is -2.04. The molecule has 0 radical (unpaired) electrons. The molecule has 0 saturated heterocycles. The van der Waals surface area contributed by atoms with Gasteiger partial charge in [0, 0.05) is 16.3 Å². The standard InChI is InChI=1S/C17H14ClNO/c18-12-8-9-16(19)15(10-12)17(20)14-7-3-5-11-4-1-2-6-13(11)14/h1-10,17,20H,19H2/t17-/m1/s1. The van der Waals surface area contributed by atoms with Crippen molar-refractivity contribution >= 4 is 28.1 Å². The van der Waals surface area contributed by atoms with E-state index in [1.165, 1.54) is 0 Å². The van der Waals surface area contributed by atoms with E-state index < -0.39 is 6.10 Å². The summed E-state index contributed by atoms with van der Waals surface area (Å²) in [5.41, 5.74) is 7.95. The van der Waals surface area contributed by atoms with Crippen LogP contribution in [0.1, 0.15) is 17.2 Å². The molecule has 100 valence electrons. The van der Waals surface area contributed by atoms with Crippen LogP contribution in [-0.2, 0) is 0 Å². The Hall–Kier alpha value is -2.03. The molecule has 0 fully saturated rings. The van der Waals surface area contributed by atoms with Crippen molar-refractivity contribution in [2.75, 3.05) is 5.73 Å². The molecule has 20 heavy (non-hydrogen) atoms. The molecule has 3 heteroatoms. The summed E-state index contributed by atoms with van der Waals surface area (Å²) in [6.07, 6.45) is -0.792. The van der Waals surface area contributed by atoms with Gasteiger partial charge in [0.2, 0.25) is 0 Å². The molecule has 0 saturated carbocycles. The first-order valence-electron chi connectivity index (χ1n) is 6.37. The number of rotatable bonds is 2. The zero-order chi connectivity index (χ0) is 14.1. The highest BCUT2D eigenvalue weighted by molar-refractivity contribution is 6.30. The maximum absolute atomic E-state index is 10.7. The summed E-state index contributed by atoms with van der Waals surface area (Å²) in [6, 6.07) is 19.0. The van der Waals surface area contributed by atoms with Crippen LogP contribution in [0, 0.1) is 0 Å². The highest BCUT2D eigenvalue weighted by Crippen LogP contribution is 2.32. The summed E-state index contributed by atoms with van der Waals surface area (Å²) < 4.78 is 0. The van der Waals surface area contributed by atoms with Gasteiger partial charge in [-0.2, -0.15) is 0 Å². The van der Waals surface area contributed by atoms with Crippen molar-refractivity contribution in [2.45, 2.75) is 6.10 Å². The monoisotopic (exact) mass is 283 g/mol. The lowest BCUT2D eigenvalue weighted by Gasteiger charge is -2.16. The zero-order valence-corrected chi connectivity index (χ0v) is 11.5. The summed E-state index contributed by atoms with van der Waals surface area (Å²) in [4.78, 5) is 0. The summed E-state index contributed by atoms with van der Waals surface area (Å²) >= 11 is 6.00. The smallest absolute Gasteiger partial charge is 0.107 e. The number of nitrogen functional groups attached to an aromatic ring is 1. The topological polar surface area (TPSA) is 46.2 Å². The van der Waals surface area contributed by atoms with Crippen molar-refractivity contribution in [1.29, 1.82) is 0 Å². The van der Waals surface area contributed by atoms with Crippen LogP contribution >= 0.6 is 11.6 Å². The molecule has 0 aliphatic rings. The summed E-state index contributed by atoms with van der Waals surface area (Å²) in [5.74, 6) is 0. The number of nitrogens with two attached hydrogens (primary N) is 1. The fourth-order valence-electron chi connectivity index (χ4n) is 2.44. The minimum absolute atomic E-state index is 0.537. The Labute approximate surface area is 122 Å². The molecule has 3 aromatic rings. The number of hydrogen-bond acceptors (Lipinski definition) is 2. The van der Waals surface area contributed by atoms with Crippen molar-refractivity contribution in [3.63, 3.8) is 0 Å². The molecule has 3 N–H and O–H groups in total. The number of halogens is 1. The van der Waals surface area contributed by atoms with E-state index in [4.69, 9.17) is 17.3 Å². The Morgan fingerprint density at radius 3 is 2.50 bits per heavy atom. The second-order valence-corrected chi connectivity index (χ2v) is 5.18. The molecule has 0 heterocycles. The van der Waals surface area contributed by atoms with Gasteiger partial charge in [-0.15, -0.1) is 0 Å². The van der Waals surface area contributed by atoms with Crippen molar-refractivity contribution in [2.24, 2.45) is 0 Å². The summed E-state index contributed by atoms with van der Waals surface area (Å²) in [7, 11) is 0. The van der Waals surface area contributed by atoms with Crippen LogP contribution in [0.3, 0.4) is 0 Å². The fraction of sp³-hybridized carbons (Fsp3) is 0.0588. The first-order chi connectivity index (χ1) is 9.66. The van der Waals surface area contributed by atoms with Gasteiger partial charge in [-0.1, -0.05) is 54.1 Å². The first-order valence-corrected chi connectivity index (χ1v) is 6.75. The predicted molar refractivity (Wildman–Crippen MR) is 83.9 cm³/mol. The van der Waals surface area contributed by atoms with E-state index in [0.717, 1.165) is 16.3 Å². The molecule has 0 aromatic heterocycles. The van der Waals surface area contributed by atoms with E-state index >= 15 is 0 Å². The maximum Gasteiger partial charge on any atom is 0.107 e. The Morgan fingerprint density at radius 2 is 1.65 bits per heavy atom. The second kappa shape index (κ2) is 5.16. The molecule has 1 atom stereocenters. The molecule has 0 aliphatic carbocycles. The van der Waals surface area contributed by atoms with Crippen LogP contribution in [0.2, 0.25) is 5.02 Å². The summed E-state index contributed by atoms with van der Waals surface area (Å²) in [5, 5.41) is 13.3. The first kappa shape index (κ1) is 13.0. The minimum Gasteiger partial charge on any atom is -0.398 e. The highest BCUT2D eigenvalue weighted by atomic mass is 35.5. The molecule has 3 rings (SSSR count). The average molecular weight is 284 g/mol. The van der Waals surface area contributed by atoms with Gasteiger partial charge in [-0.25, -0.2) is 0 Å². The number of aliphatic hydroxyl groups is 1. The maximum atomic E-state index is 10.7. The van der Waals surface area contributed by atoms with E-state index in [2.05, 4.69) is 0 Å². The number of anilines is 1. The molecular formula is C17H14ClNO. The minimum atomic E-state index is -0.792. The van der Waals surface area contributed by atoms with Crippen molar-refractivity contribution in [3.8, 4) is 0 Å². The fourth-order valence-corrected chi connectivity index (χ4v) is 2.62. The Balaban J connectivity index is 2.17. The van der Waals surface area contributed by atoms with Crippen LogP contribution in [0.4, 0.5) is 5.69 Å². The zero-order valence-electron chi connectivity index (χ0n) is 10.8. The van der Waals surface area contributed by atoms with Crippen LogP contribution in [0.15, 0.2) is 60.7 Å². The molecule has 0 spiro atoms. The van der Waals surface area contributed by atoms with Gasteiger partial charge < -0.3 is 10.8 Å². The largest absolute Gasteiger partial charge is 0.398 e. The lowest BCUT2D eigenvalue weighted by molar-refractivity contribution is 0.222. The van der Waals surface area contributed by atoms with Gasteiger partial charge in [0.25, 0.3) is 0 Å². The molecule has 0 bridgehead atoms. The predicted octanol–water partition coefficient (Wildman–Crippen LogP) is 4.16. The van der Waals surface area contributed by atoms with Crippen molar-refractivity contribution < 1.29 is 5.11 Å². The van der Waals surface area contributed by atoms with Crippen LogP contribution in [0.25, 0.3) is 10.8 Å². The Morgan fingerprint density at radius 1 is 0.900 bits per heavy atom.